The first kappa shape index (κ1) is 34.2. The number of benzene rings is 5. The van der Waals surface area contributed by atoms with Crippen LogP contribution in [0, 0.1) is 22.7 Å². The summed E-state index contributed by atoms with van der Waals surface area (Å²) in [5.74, 6) is 0. The molecule has 4 heteroatoms. The molecular formula is C52H51N3O. The van der Waals surface area contributed by atoms with E-state index in [1.165, 1.54) is 60.1 Å². The minimum absolute atomic E-state index is 0.0311. The summed E-state index contributed by atoms with van der Waals surface area (Å²) in [6, 6.07) is 23.7. The number of hydrogen-bond donors (Lipinski definition) is 0. The minimum Gasteiger partial charge on any atom is -0.455 e. The molecule has 4 nitrogen and oxygen atoms in total. The molecule has 0 radical (unpaired) electrons. The maximum Gasteiger partial charge on any atom is 0.145 e. The monoisotopic (exact) mass is 733 g/mol. The summed E-state index contributed by atoms with van der Waals surface area (Å²) in [4.78, 5) is 0. The Hall–Kier alpha value is -5.06. The van der Waals surface area contributed by atoms with Crippen LogP contribution in [0.5, 0.6) is 0 Å². The van der Waals surface area contributed by atoms with E-state index < -0.39 is 0 Å². The number of aromatic nitrogens is 1. The van der Waals surface area contributed by atoms with Crippen molar-refractivity contribution in [3.8, 4) is 12.1 Å². The average Bonchev–Trinajstić information content (AvgIpc) is 3.59. The Morgan fingerprint density at radius 2 is 1.18 bits per heavy atom. The van der Waals surface area contributed by atoms with Crippen LogP contribution < -0.4 is 0 Å². The number of hydrogen-bond acceptors (Lipinski definition) is 3. The molecule has 0 spiro atoms. The standard InChI is InChI=1S/C52H51N3O/c1-48(2,3)34-16-15-30-32-25-33-39-35-23-28(26-53)42-44(39)49(4,5)17-11-19-51(42,8)21-22-52(9)20-12-18-50(6,7)45-40-36(24-29(27-54)43(45)52)55(35)46(33)41(40)47(32)56-37-14-10-13-31(34)38(30)37/h10,13-16,23-25H,11-12,17-22H2,1-9H3. The van der Waals surface area contributed by atoms with Crippen molar-refractivity contribution in [3.63, 3.8) is 0 Å². The van der Waals surface area contributed by atoms with E-state index in [4.69, 9.17) is 4.42 Å². The summed E-state index contributed by atoms with van der Waals surface area (Å²) in [6.07, 6.45) is 8.38. The highest BCUT2D eigenvalue weighted by molar-refractivity contribution is 6.35. The van der Waals surface area contributed by atoms with Gasteiger partial charge in [-0.15, -0.1) is 0 Å². The van der Waals surface area contributed by atoms with Gasteiger partial charge in [0.05, 0.1) is 45.2 Å². The van der Waals surface area contributed by atoms with Crippen LogP contribution in [-0.2, 0) is 27.1 Å². The van der Waals surface area contributed by atoms with E-state index in [0.29, 0.717) is 0 Å². The van der Waals surface area contributed by atoms with E-state index in [1.54, 1.807) is 0 Å². The van der Waals surface area contributed by atoms with E-state index in [-0.39, 0.29) is 27.1 Å². The predicted octanol–water partition coefficient (Wildman–Crippen LogP) is 14.2. The van der Waals surface area contributed by atoms with E-state index in [0.717, 1.165) is 101 Å². The topological polar surface area (TPSA) is 65.1 Å². The third-order valence-corrected chi connectivity index (χ3v) is 15.5. The largest absolute Gasteiger partial charge is 0.455 e. The smallest absolute Gasteiger partial charge is 0.145 e. The van der Waals surface area contributed by atoms with Crippen molar-refractivity contribution >= 4 is 70.8 Å². The highest BCUT2D eigenvalue weighted by Crippen LogP contribution is 2.59. The molecule has 0 saturated carbocycles. The van der Waals surface area contributed by atoms with Gasteiger partial charge in [-0.3, -0.25) is 0 Å². The number of rotatable bonds is 0. The summed E-state index contributed by atoms with van der Waals surface area (Å²) < 4.78 is 9.82. The molecule has 3 aliphatic carbocycles. The second-order valence-electron chi connectivity index (χ2n) is 21.0. The minimum atomic E-state index is -0.210. The molecule has 280 valence electrons. The van der Waals surface area contributed by atoms with Crippen LogP contribution in [-0.4, -0.2) is 4.40 Å². The van der Waals surface area contributed by atoms with Crippen molar-refractivity contribution in [1.29, 1.82) is 10.5 Å². The lowest BCUT2D eigenvalue weighted by molar-refractivity contribution is 0.303. The van der Waals surface area contributed by atoms with Crippen molar-refractivity contribution in [3.05, 3.63) is 87.5 Å². The molecule has 8 aromatic rings. The van der Waals surface area contributed by atoms with Gasteiger partial charge >= 0.3 is 0 Å². The van der Waals surface area contributed by atoms with E-state index in [1.807, 2.05) is 0 Å². The lowest BCUT2D eigenvalue weighted by Crippen LogP contribution is -2.32. The second kappa shape index (κ2) is 10.5. The Bertz CT molecular complexity index is 3180. The predicted molar refractivity (Wildman–Crippen MR) is 232 cm³/mol. The van der Waals surface area contributed by atoms with Crippen LogP contribution >= 0.6 is 0 Å². The molecule has 4 heterocycles. The summed E-state index contributed by atoms with van der Waals surface area (Å²) in [7, 11) is 0. The molecule has 3 aromatic heterocycles. The number of nitrogens with zero attached hydrogens (tertiary/aromatic N) is 3. The van der Waals surface area contributed by atoms with Gasteiger partial charge in [0, 0.05) is 26.9 Å². The molecule has 2 unspecified atom stereocenters. The first-order chi connectivity index (χ1) is 26.5. The molecule has 12 rings (SSSR count). The number of nitriles is 2. The average molecular weight is 734 g/mol. The molecule has 14 bridgehead atoms. The van der Waals surface area contributed by atoms with Gasteiger partial charge in [0.1, 0.15) is 11.2 Å². The first-order valence-corrected chi connectivity index (χ1v) is 21.0. The molecule has 0 fully saturated rings. The lowest BCUT2D eigenvalue weighted by atomic mass is 9.64. The van der Waals surface area contributed by atoms with Crippen molar-refractivity contribution in [1.82, 2.24) is 4.40 Å². The van der Waals surface area contributed by atoms with Crippen LogP contribution in [0.15, 0.2) is 52.9 Å². The third-order valence-electron chi connectivity index (χ3n) is 15.5. The van der Waals surface area contributed by atoms with E-state index in [9.17, 15) is 10.5 Å². The van der Waals surface area contributed by atoms with Gasteiger partial charge in [-0.25, -0.2) is 0 Å². The maximum absolute atomic E-state index is 11.2. The highest BCUT2D eigenvalue weighted by Gasteiger charge is 2.47. The van der Waals surface area contributed by atoms with Crippen LogP contribution in [0.25, 0.3) is 70.8 Å². The molecule has 0 saturated heterocycles. The van der Waals surface area contributed by atoms with Crippen molar-refractivity contribution in [2.75, 3.05) is 0 Å². The van der Waals surface area contributed by atoms with E-state index >= 15 is 0 Å². The molecular weight excluding hydrogens is 683 g/mol. The Balaban J connectivity index is 1.53. The molecule has 1 aliphatic heterocycles. The lowest BCUT2D eigenvalue weighted by Gasteiger charge is -2.39. The van der Waals surface area contributed by atoms with Gasteiger partial charge < -0.3 is 8.82 Å². The Labute approximate surface area is 329 Å². The van der Waals surface area contributed by atoms with Crippen LogP contribution in [0.1, 0.15) is 153 Å². The van der Waals surface area contributed by atoms with Crippen molar-refractivity contribution in [2.45, 2.75) is 141 Å². The number of fused-ring (bicyclic) bond motifs is 4. The normalized spacial score (nSPS) is 23.3. The highest BCUT2D eigenvalue weighted by atomic mass is 16.3. The van der Waals surface area contributed by atoms with Gasteiger partial charge in [-0.1, -0.05) is 99.4 Å². The zero-order valence-corrected chi connectivity index (χ0v) is 34.5. The fourth-order valence-corrected chi connectivity index (χ4v) is 12.8. The third kappa shape index (κ3) is 4.04. The quantitative estimate of drug-likeness (QED) is 0.115. The van der Waals surface area contributed by atoms with Gasteiger partial charge in [0.15, 0.2) is 0 Å². The SMILES string of the molecule is CC(C)(C)c1ccc2c3cc4c5c6c7c(C#N)cc5n5c8cc(C#N)c9c(c8c(c3oc3cccc1c32)c45)C(C)(C)CCCC9(C)CCC7(C)CCCC6(C)C. The van der Waals surface area contributed by atoms with Gasteiger partial charge in [0.2, 0.25) is 0 Å². The molecule has 5 aromatic carbocycles. The van der Waals surface area contributed by atoms with Gasteiger partial charge in [-0.05, 0) is 128 Å². The fourth-order valence-electron chi connectivity index (χ4n) is 12.8. The molecule has 4 aliphatic rings. The fraction of sp³-hybridized carbons (Fsp3) is 0.423. The molecule has 56 heavy (non-hydrogen) atoms. The Kier molecular flexibility index (Phi) is 6.39. The van der Waals surface area contributed by atoms with Gasteiger partial charge in [0.25, 0.3) is 0 Å². The van der Waals surface area contributed by atoms with Crippen LogP contribution in [0.3, 0.4) is 0 Å². The van der Waals surface area contributed by atoms with Crippen molar-refractivity contribution < 1.29 is 4.42 Å². The summed E-state index contributed by atoms with van der Waals surface area (Å²) in [5.41, 5.74) is 12.5. The zero-order valence-electron chi connectivity index (χ0n) is 34.5. The first-order valence-electron chi connectivity index (χ1n) is 21.0. The molecule has 0 amide bonds. The van der Waals surface area contributed by atoms with Gasteiger partial charge in [-0.2, -0.15) is 10.5 Å². The van der Waals surface area contributed by atoms with Crippen LogP contribution in [0.2, 0.25) is 0 Å². The maximum atomic E-state index is 11.2. The summed E-state index contributed by atoms with van der Waals surface area (Å²) in [5, 5.41) is 32.1. The molecule has 2 atom stereocenters. The zero-order chi connectivity index (χ0) is 39.1. The Morgan fingerprint density at radius 1 is 0.589 bits per heavy atom. The molecule has 0 N–H and O–H groups in total. The van der Waals surface area contributed by atoms with Crippen molar-refractivity contribution in [2.24, 2.45) is 0 Å². The second-order valence-corrected chi connectivity index (χ2v) is 21.0. The van der Waals surface area contributed by atoms with Crippen LogP contribution in [0.4, 0.5) is 0 Å². The Morgan fingerprint density at radius 3 is 1.77 bits per heavy atom. The summed E-state index contributed by atoms with van der Waals surface area (Å²) >= 11 is 0. The summed E-state index contributed by atoms with van der Waals surface area (Å²) in [6.45, 7) is 21.5. The van der Waals surface area contributed by atoms with E-state index in [2.05, 4.69) is 127 Å².